The summed E-state index contributed by atoms with van der Waals surface area (Å²) in [7, 11) is -4.78. The highest BCUT2D eigenvalue weighted by Gasteiger charge is 2.35. The van der Waals surface area contributed by atoms with Crippen LogP contribution < -0.4 is 21.1 Å². The predicted octanol–water partition coefficient (Wildman–Crippen LogP) is 3.37. The van der Waals surface area contributed by atoms with Crippen LogP contribution in [0.15, 0.2) is 4.90 Å². The van der Waals surface area contributed by atoms with E-state index in [9.17, 15) is 45.8 Å². The fourth-order valence-corrected chi connectivity index (χ4v) is 8.90. The second kappa shape index (κ2) is 32.1. The molecule has 0 saturated heterocycles. The zero-order chi connectivity index (χ0) is 49.9. The van der Waals surface area contributed by atoms with Gasteiger partial charge in [0.05, 0.1) is 76.1 Å². The SMILES string of the molecule is N[C@@H](CCC(=O)CCOCCOCCOCCOCCCC(=O)CCS(=O)(=O)c1c(F)c(F)c(NS(=O)O)c(F)c1NC1CCCCCCC1)C(=O)C[C@@H](CC(=O)O)C(=O)N[C@@H](CS)C(=O)O. The average Bonchev–Trinajstić information content (AvgIpc) is 3.25. The normalized spacial score (nSPS) is 15.4. The van der Waals surface area contributed by atoms with Crippen molar-refractivity contribution in [3.05, 3.63) is 17.5 Å². The number of nitrogens with two attached hydrogens (primary N) is 1. The molecular weight excluding hydrogens is 958 g/mol. The summed E-state index contributed by atoms with van der Waals surface area (Å²) in [6.45, 7) is 1.41. The number of halogens is 3. The standard InChI is InChI=1S/C41H63F3N4O16S3/c42-34-35(43)39(38(36(44)37(34)48-66(57)58)46-27-7-4-2-1-3-5-8-27)67(59,60)22-13-28(49)9-6-14-61-16-18-63-20-21-64-19-17-62-15-12-29(50)10-11-30(45)32(51)23-26(24-33(52)53)40(54)47-31(25-65)41(55)56/h26-27,30-31,46,48,65H,1-25,45H2,(H,47,54)(H,52,53)(H,55,56)(H,57,58)/t26-,30-,31-/m0/s1. The fourth-order valence-electron chi connectivity index (χ4n) is 6.78. The molecule has 1 aliphatic carbocycles. The Morgan fingerprint density at radius 3 is 1.85 bits per heavy atom. The molecule has 0 heterocycles. The van der Waals surface area contributed by atoms with E-state index in [0.717, 1.165) is 32.1 Å². The van der Waals surface area contributed by atoms with E-state index in [-0.39, 0.29) is 96.5 Å². The third kappa shape index (κ3) is 22.9. The molecule has 8 N–H and O–H groups in total. The number of rotatable bonds is 36. The van der Waals surface area contributed by atoms with Crippen molar-refractivity contribution < 1.29 is 88.3 Å². The van der Waals surface area contributed by atoms with Gasteiger partial charge in [-0.25, -0.2) is 30.6 Å². The number of hydrogen-bond donors (Lipinski definition) is 8. The van der Waals surface area contributed by atoms with Crippen LogP contribution in [-0.4, -0.2) is 145 Å². The van der Waals surface area contributed by atoms with Gasteiger partial charge in [0.15, 0.2) is 27.3 Å². The molecule has 1 aromatic carbocycles. The maximum Gasteiger partial charge on any atom is 0.327 e. The summed E-state index contributed by atoms with van der Waals surface area (Å²) in [6.07, 6.45) is 3.44. The summed E-state index contributed by atoms with van der Waals surface area (Å²) >= 11 is 0.831. The number of hydrogen-bond acceptors (Lipinski definition) is 16. The Hall–Kier alpha value is -3.76. The number of thiol groups is 1. The van der Waals surface area contributed by atoms with Gasteiger partial charge in [-0.2, -0.15) is 12.6 Å². The van der Waals surface area contributed by atoms with Crippen LogP contribution >= 0.6 is 12.6 Å². The monoisotopic (exact) mass is 1020 g/mol. The van der Waals surface area contributed by atoms with E-state index in [1.807, 2.05) is 0 Å². The molecule has 67 heavy (non-hydrogen) atoms. The van der Waals surface area contributed by atoms with Gasteiger partial charge in [-0.1, -0.05) is 32.1 Å². The lowest BCUT2D eigenvalue weighted by molar-refractivity contribution is -0.144. The topological polar surface area (TPSA) is 313 Å². The van der Waals surface area contributed by atoms with Crippen molar-refractivity contribution in [2.45, 2.75) is 119 Å². The van der Waals surface area contributed by atoms with Crippen molar-refractivity contribution in [1.29, 1.82) is 0 Å². The van der Waals surface area contributed by atoms with Gasteiger partial charge in [0, 0.05) is 50.5 Å². The van der Waals surface area contributed by atoms with Crippen LogP contribution in [0.4, 0.5) is 24.5 Å². The van der Waals surface area contributed by atoms with E-state index in [0.29, 0.717) is 12.8 Å². The Morgan fingerprint density at radius 1 is 0.746 bits per heavy atom. The molecule has 20 nitrogen and oxygen atoms in total. The predicted molar refractivity (Wildman–Crippen MR) is 240 cm³/mol. The van der Waals surface area contributed by atoms with E-state index in [2.05, 4.69) is 23.3 Å². The number of Topliss-reactive ketones (excluding diaryl/α,β-unsaturated/α-hetero) is 3. The van der Waals surface area contributed by atoms with Gasteiger partial charge >= 0.3 is 11.9 Å². The van der Waals surface area contributed by atoms with Gasteiger partial charge in [0.25, 0.3) is 11.3 Å². The summed E-state index contributed by atoms with van der Waals surface area (Å²) in [5, 5.41) is 23.1. The van der Waals surface area contributed by atoms with Gasteiger partial charge in [-0.3, -0.25) is 33.2 Å². The number of ketones is 3. The number of ether oxygens (including phenoxy) is 4. The van der Waals surface area contributed by atoms with Crippen LogP contribution in [0, 0.1) is 23.4 Å². The minimum atomic E-state index is -4.78. The van der Waals surface area contributed by atoms with Crippen molar-refractivity contribution in [2.75, 3.05) is 74.4 Å². The number of nitrogens with one attached hydrogen (secondary N) is 3. The molecule has 4 atom stereocenters. The first kappa shape index (κ1) is 59.4. The molecule has 1 fully saturated rings. The number of aliphatic carboxylic acids is 2. The van der Waals surface area contributed by atoms with E-state index < -0.39 is 133 Å². The molecule has 0 bridgehead atoms. The Balaban J connectivity index is 1.60. The smallest absolute Gasteiger partial charge is 0.327 e. The molecule has 2 rings (SSSR count). The lowest BCUT2D eigenvalue weighted by Gasteiger charge is -2.25. The molecule has 1 unspecified atom stereocenters. The summed E-state index contributed by atoms with van der Waals surface area (Å²) in [6, 6.07) is -3.01. The van der Waals surface area contributed by atoms with Gasteiger partial charge < -0.3 is 45.5 Å². The van der Waals surface area contributed by atoms with Crippen LogP contribution in [-0.2, 0) is 68.8 Å². The zero-order valence-corrected chi connectivity index (χ0v) is 39.6. The number of carboxylic acids is 2. The number of carbonyl (C=O) groups excluding carboxylic acids is 4. The van der Waals surface area contributed by atoms with E-state index >= 15 is 8.78 Å². The van der Waals surface area contributed by atoms with Crippen molar-refractivity contribution in [2.24, 2.45) is 11.7 Å². The number of anilines is 2. The molecule has 1 aromatic rings. The van der Waals surface area contributed by atoms with Crippen molar-refractivity contribution in [3.8, 4) is 0 Å². The van der Waals surface area contributed by atoms with Gasteiger partial charge in [0.2, 0.25) is 5.91 Å². The molecule has 382 valence electrons. The Labute approximate surface area is 395 Å². The number of amides is 1. The first-order valence-corrected chi connectivity index (χ1v) is 25.2. The third-order valence-electron chi connectivity index (χ3n) is 10.5. The largest absolute Gasteiger partial charge is 0.481 e. The highest BCUT2D eigenvalue weighted by atomic mass is 32.2. The maximum atomic E-state index is 15.6. The van der Waals surface area contributed by atoms with E-state index in [1.165, 1.54) is 0 Å². The second-order valence-corrected chi connectivity index (χ2v) is 18.8. The Morgan fingerprint density at radius 2 is 1.30 bits per heavy atom. The quantitative estimate of drug-likeness (QED) is 0.0207. The maximum absolute atomic E-state index is 15.6. The summed E-state index contributed by atoms with van der Waals surface area (Å²) in [4.78, 5) is 70.9. The van der Waals surface area contributed by atoms with Gasteiger partial charge in [-0.15, -0.1) is 0 Å². The molecule has 1 saturated carbocycles. The number of benzene rings is 1. The minimum absolute atomic E-state index is 0.0297. The van der Waals surface area contributed by atoms with Crippen LogP contribution in [0.5, 0.6) is 0 Å². The Kier molecular flexibility index (Phi) is 28.5. The molecular formula is C41H63F3N4O16S3. The third-order valence-corrected chi connectivity index (χ3v) is 12.9. The summed E-state index contributed by atoms with van der Waals surface area (Å²) in [5.41, 5.74) is 3.72. The molecule has 1 amide bonds. The van der Waals surface area contributed by atoms with Crippen LogP contribution in [0.3, 0.4) is 0 Å². The average molecular weight is 1020 g/mol. The van der Waals surface area contributed by atoms with Crippen LogP contribution in [0.2, 0.25) is 0 Å². The highest BCUT2D eigenvalue weighted by Crippen LogP contribution is 2.38. The molecule has 26 heteroatoms. The van der Waals surface area contributed by atoms with Gasteiger partial charge in [0.1, 0.15) is 34.0 Å². The lowest BCUT2D eigenvalue weighted by Crippen LogP contribution is -2.46. The summed E-state index contributed by atoms with van der Waals surface area (Å²) < 4.78 is 116. The number of carbonyl (C=O) groups is 6. The van der Waals surface area contributed by atoms with Gasteiger partial charge in [-0.05, 0) is 25.7 Å². The first-order valence-electron chi connectivity index (χ1n) is 21.8. The number of sulfone groups is 1. The zero-order valence-electron chi connectivity index (χ0n) is 37.1. The Bertz CT molecular complexity index is 1930. The fraction of sp³-hybridized carbons (Fsp3) is 0.707. The molecule has 0 aliphatic heterocycles. The molecule has 0 radical (unpaired) electrons. The second-order valence-electron chi connectivity index (χ2n) is 15.7. The van der Waals surface area contributed by atoms with Crippen LogP contribution in [0.25, 0.3) is 0 Å². The first-order chi connectivity index (χ1) is 31.8. The van der Waals surface area contributed by atoms with E-state index in [1.54, 1.807) is 4.72 Å². The highest BCUT2D eigenvalue weighted by molar-refractivity contribution is 7.91. The summed E-state index contributed by atoms with van der Waals surface area (Å²) in [5.74, 6) is -13.2. The molecule has 0 aromatic heterocycles. The van der Waals surface area contributed by atoms with Crippen molar-refractivity contribution >= 4 is 80.3 Å². The molecule has 0 spiro atoms. The van der Waals surface area contributed by atoms with E-state index in [4.69, 9.17) is 39.4 Å². The molecule has 1 aliphatic rings. The van der Waals surface area contributed by atoms with Crippen molar-refractivity contribution in [3.63, 3.8) is 0 Å². The lowest BCUT2D eigenvalue weighted by atomic mass is 9.92. The van der Waals surface area contributed by atoms with Crippen LogP contribution in [0.1, 0.15) is 96.3 Å². The minimum Gasteiger partial charge on any atom is -0.481 e. The number of carboxylic acid groups (broad SMARTS) is 2. The van der Waals surface area contributed by atoms with Crippen molar-refractivity contribution in [1.82, 2.24) is 5.32 Å².